The molecule has 0 saturated heterocycles. The Bertz CT molecular complexity index is 681. The average Bonchev–Trinajstić information content (AvgIpc) is 2.60. The number of hydrogen-bond acceptors (Lipinski definition) is 3. The van der Waals surface area contributed by atoms with Gasteiger partial charge in [-0.2, -0.15) is 0 Å². The van der Waals surface area contributed by atoms with Crippen LogP contribution in [0.1, 0.15) is 37.8 Å². The Labute approximate surface area is 139 Å². The van der Waals surface area contributed by atoms with E-state index in [0.29, 0.717) is 0 Å². The molecule has 0 saturated carbocycles. The van der Waals surface area contributed by atoms with Crippen molar-refractivity contribution in [3.05, 3.63) is 47.5 Å². The quantitative estimate of drug-likeness (QED) is 0.779. The molecule has 3 rings (SSSR count). The van der Waals surface area contributed by atoms with Crippen molar-refractivity contribution in [2.75, 3.05) is 18.0 Å². The molecule has 0 spiro atoms. The Morgan fingerprint density at radius 3 is 2.52 bits per heavy atom. The van der Waals surface area contributed by atoms with Crippen LogP contribution in [0.5, 0.6) is 11.5 Å². The average molecular weight is 310 g/mol. The Hall–Kier alpha value is -2.00. The fourth-order valence-corrected chi connectivity index (χ4v) is 3.41. The monoisotopic (exact) mass is 310 g/mol. The molecule has 0 atom stereocenters. The summed E-state index contributed by atoms with van der Waals surface area (Å²) < 4.78 is 6.19. The Morgan fingerprint density at radius 1 is 0.957 bits per heavy atom. The number of nitrogens with two attached hydrogens (primary N) is 1. The maximum Gasteiger partial charge on any atom is 0.151 e. The highest BCUT2D eigenvalue weighted by Crippen LogP contribution is 2.49. The number of unbranched alkanes of at least 4 members (excludes halogenated alkanes) is 1. The van der Waals surface area contributed by atoms with Crippen molar-refractivity contribution in [1.29, 1.82) is 0 Å². The number of hydrogen-bond donors (Lipinski definition) is 1. The van der Waals surface area contributed by atoms with Crippen LogP contribution in [0, 0.1) is 0 Å². The summed E-state index contributed by atoms with van der Waals surface area (Å²) in [5.74, 6) is 1.92. The minimum Gasteiger partial charge on any atom is -0.453 e. The molecular weight excluding hydrogens is 284 g/mol. The van der Waals surface area contributed by atoms with Crippen molar-refractivity contribution in [2.24, 2.45) is 5.73 Å². The lowest BCUT2D eigenvalue weighted by atomic mass is 9.97. The zero-order valence-corrected chi connectivity index (χ0v) is 14.1. The molecular formula is C20H26N2O. The molecule has 23 heavy (non-hydrogen) atoms. The van der Waals surface area contributed by atoms with Crippen LogP contribution in [0.25, 0.3) is 0 Å². The summed E-state index contributed by atoms with van der Waals surface area (Å²) in [6.07, 6.45) is 4.20. The summed E-state index contributed by atoms with van der Waals surface area (Å²) in [4.78, 5) is 2.43. The standard InChI is InChI=1S/C20H26N2O/c1-3-15-11-12-19-20(16(15)4-2)22(14-8-7-13-21)17-9-5-6-10-18(17)23-19/h5-6,9-12H,3-4,7-8,13-14,21H2,1-2H3. The molecule has 2 N–H and O–H groups in total. The largest absolute Gasteiger partial charge is 0.453 e. The number of nitrogens with zero attached hydrogens (tertiary/aromatic N) is 1. The first-order chi connectivity index (χ1) is 11.3. The predicted octanol–water partition coefficient (Wildman–Crippen LogP) is 4.79. The topological polar surface area (TPSA) is 38.5 Å². The summed E-state index contributed by atoms with van der Waals surface area (Å²) in [5, 5.41) is 0. The van der Waals surface area contributed by atoms with Gasteiger partial charge in [-0.3, -0.25) is 0 Å². The van der Waals surface area contributed by atoms with E-state index in [4.69, 9.17) is 10.5 Å². The van der Waals surface area contributed by atoms with Gasteiger partial charge in [-0.25, -0.2) is 0 Å². The van der Waals surface area contributed by atoms with Crippen LogP contribution < -0.4 is 15.4 Å². The van der Waals surface area contributed by atoms with E-state index in [-0.39, 0.29) is 0 Å². The fourth-order valence-electron chi connectivity index (χ4n) is 3.41. The molecule has 0 fully saturated rings. The van der Waals surface area contributed by atoms with Crippen LogP contribution in [0.4, 0.5) is 11.4 Å². The zero-order valence-electron chi connectivity index (χ0n) is 14.1. The van der Waals surface area contributed by atoms with Crippen molar-refractivity contribution < 1.29 is 4.74 Å². The molecule has 2 aromatic rings. The van der Waals surface area contributed by atoms with Gasteiger partial charge in [0.1, 0.15) is 0 Å². The first kappa shape index (κ1) is 15.9. The summed E-state index contributed by atoms with van der Waals surface area (Å²) in [6.45, 7) is 6.17. The molecule has 0 amide bonds. The van der Waals surface area contributed by atoms with Gasteiger partial charge in [0, 0.05) is 6.54 Å². The Kier molecular flexibility index (Phi) is 4.87. The first-order valence-corrected chi connectivity index (χ1v) is 8.69. The fraction of sp³-hybridized carbons (Fsp3) is 0.400. The molecule has 3 nitrogen and oxygen atoms in total. The molecule has 122 valence electrons. The van der Waals surface area contributed by atoms with E-state index < -0.39 is 0 Å². The number of para-hydroxylation sites is 2. The lowest BCUT2D eigenvalue weighted by Gasteiger charge is -2.35. The predicted molar refractivity (Wildman–Crippen MR) is 97.0 cm³/mol. The van der Waals surface area contributed by atoms with Crippen molar-refractivity contribution in [1.82, 2.24) is 0 Å². The minimum atomic E-state index is 0.745. The van der Waals surface area contributed by atoms with Crippen LogP contribution in [-0.2, 0) is 12.8 Å². The number of aryl methyl sites for hydroxylation is 1. The molecule has 0 radical (unpaired) electrons. The van der Waals surface area contributed by atoms with Crippen LogP contribution >= 0.6 is 0 Å². The van der Waals surface area contributed by atoms with Gasteiger partial charge < -0.3 is 15.4 Å². The highest BCUT2D eigenvalue weighted by atomic mass is 16.5. The van der Waals surface area contributed by atoms with Gasteiger partial charge in [-0.1, -0.05) is 32.0 Å². The summed E-state index contributed by atoms with van der Waals surface area (Å²) in [7, 11) is 0. The van der Waals surface area contributed by atoms with Crippen molar-refractivity contribution >= 4 is 11.4 Å². The summed E-state index contributed by atoms with van der Waals surface area (Å²) in [5.41, 5.74) is 10.9. The van der Waals surface area contributed by atoms with Gasteiger partial charge in [-0.15, -0.1) is 0 Å². The normalized spacial score (nSPS) is 12.6. The van der Waals surface area contributed by atoms with E-state index in [1.807, 2.05) is 12.1 Å². The maximum absolute atomic E-state index is 6.19. The molecule has 1 heterocycles. The molecule has 1 aliphatic rings. The second-order valence-electron chi connectivity index (χ2n) is 5.97. The van der Waals surface area contributed by atoms with Crippen LogP contribution in [0.2, 0.25) is 0 Å². The third kappa shape index (κ3) is 2.93. The third-order valence-electron chi connectivity index (χ3n) is 4.56. The van der Waals surface area contributed by atoms with E-state index >= 15 is 0 Å². The highest BCUT2D eigenvalue weighted by Gasteiger charge is 2.27. The van der Waals surface area contributed by atoms with Gasteiger partial charge in [0.2, 0.25) is 0 Å². The van der Waals surface area contributed by atoms with Gasteiger partial charge >= 0.3 is 0 Å². The highest BCUT2D eigenvalue weighted by molar-refractivity contribution is 5.81. The first-order valence-electron chi connectivity index (χ1n) is 8.69. The number of fused-ring (bicyclic) bond motifs is 2. The lowest BCUT2D eigenvalue weighted by molar-refractivity contribution is 0.471. The lowest BCUT2D eigenvalue weighted by Crippen LogP contribution is -2.24. The molecule has 0 bridgehead atoms. The van der Waals surface area contributed by atoms with E-state index in [1.54, 1.807) is 0 Å². The second kappa shape index (κ2) is 7.05. The number of benzene rings is 2. The smallest absolute Gasteiger partial charge is 0.151 e. The van der Waals surface area contributed by atoms with E-state index in [0.717, 1.165) is 50.3 Å². The summed E-state index contributed by atoms with van der Waals surface area (Å²) in [6, 6.07) is 12.6. The third-order valence-corrected chi connectivity index (χ3v) is 4.56. The van der Waals surface area contributed by atoms with E-state index in [1.165, 1.54) is 22.5 Å². The van der Waals surface area contributed by atoms with Crippen molar-refractivity contribution in [3.8, 4) is 11.5 Å². The van der Waals surface area contributed by atoms with E-state index in [2.05, 4.69) is 43.0 Å². The van der Waals surface area contributed by atoms with Crippen LogP contribution in [0.3, 0.4) is 0 Å². The zero-order chi connectivity index (χ0) is 16.2. The second-order valence-corrected chi connectivity index (χ2v) is 5.97. The van der Waals surface area contributed by atoms with Crippen molar-refractivity contribution in [3.63, 3.8) is 0 Å². The van der Waals surface area contributed by atoms with Gasteiger partial charge in [-0.05, 0) is 61.6 Å². The minimum absolute atomic E-state index is 0.745. The summed E-state index contributed by atoms with van der Waals surface area (Å²) >= 11 is 0. The molecule has 2 aromatic carbocycles. The number of ether oxygens (including phenoxy) is 1. The van der Waals surface area contributed by atoms with E-state index in [9.17, 15) is 0 Å². The SMILES string of the molecule is CCc1ccc2c(c1CC)N(CCCCN)c1ccccc1O2. The molecule has 0 aliphatic carbocycles. The maximum atomic E-state index is 6.19. The van der Waals surface area contributed by atoms with Crippen LogP contribution in [0.15, 0.2) is 36.4 Å². The van der Waals surface area contributed by atoms with Gasteiger partial charge in [0.25, 0.3) is 0 Å². The van der Waals surface area contributed by atoms with Gasteiger partial charge in [0.15, 0.2) is 11.5 Å². The molecule has 0 unspecified atom stereocenters. The van der Waals surface area contributed by atoms with Gasteiger partial charge in [0.05, 0.1) is 11.4 Å². The Morgan fingerprint density at radius 2 is 1.78 bits per heavy atom. The number of rotatable bonds is 6. The molecule has 0 aromatic heterocycles. The number of anilines is 2. The molecule has 3 heteroatoms. The van der Waals surface area contributed by atoms with Crippen molar-refractivity contribution in [2.45, 2.75) is 39.5 Å². The molecule has 1 aliphatic heterocycles. The van der Waals surface area contributed by atoms with Crippen LogP contribution in [-0.4, -0.2) is 13.1 Å². The Balaban J connectivity index is 2.10.